The van der Waals surface area contributed by atoms with E-state index in [9.17, 15) is 13.2 Å². The number of carbonyl (C=O) groups excluding carboxylic acids is 1. The highest BCUT2D eigenvalue weighted by Gasteiger charge is 2.44. The van der Waals surface area contributed by atoms with Crippen LogP contribution in [0, 0.1) is 5.41 Å². The maximum atomic E-state index is 12.6. The van der Waals surface area contributed by atoms with E-state index < -0.39 is 10.0 Å². The largest absolute Gasteiger partial charge is 0.338 e. The summed E-state index contributed by atoms with van der Waals surface area (Å²) >= 11 is 0. The number of piperidine rings is 1. The third-order valence-corrected chi connectivity index (χ3v) is 5.98. The van der Waals surface area contributed by atoms with Crippen LogP contribution in [0.1, 0.15) is 29.6 Å². The Hall–Kier alpha value is -1.47. The number of amides is 1. The minimum atomic E-state index is -3.15. The van der Waals surface area contributed by atoms with Gasteiger partial charge in [-0.15, -0.1) is 0 Å². The Balaban J connectivity index is 1.74. The summed E-state index contributed by atoms with van der Waals surface area (Å²) in [6.07, 6.45) is 7.22. The van der Waals surface area contributed by atoms with Gasteiger partial charge in [-0.1, -0.05) is 0 Å². The first-order chi connectivity index (χ1) is 10.4. The predicted molar refractivity (Wildman–Crippen MR) is 82.8 cm³/mol. The van der Waals surface area contributed by atoms with Crippen molar-refractivity contribution in [3.63, 3.8) is 0 Å². The Morgan fingerprint density at radius 1 is 1.27 bits per heavy atom. The molecule has 22 heavy (non-hydrogen) atoms. The van der Waals surface area contributed by atoms with Crippen LogP contribution in [-0.4, -0.2) is 60.9 Å². The molecule has 2 aliphatic rings. The van der Waals surface area contributed by atoms with E-state index in [1.165, 1.54) is 6.26 Å². The van der Waals surface area contributed by atoms with Crippen LogP contribution < -0.4 is 0 Å². The monoisotopic (exact) mass is 323 g/mol. The Morgan fingerprint density at radius 3 is 2.73 bits per heavy atom. The van der Waals surface area contributed by atoms with Gasteiger partial charge in [-0.2, -0.15) is 0 Å². The first kappa shape index (κ1) is 15.4. The van der Waals surface area contributed by atoms with Crippen LogP contribution in [0.15, 0.2) is 24.5 Å². The predicted octanol–water partition coefficient (Wildman–Crippen LogP) is 0.969. The standard InChI is InChI=1S/C15H21N3O3S/c1-22(20,21)18-9-6-15(12-18)5-3-8-17(11-15)14(19)13-4-2-7-16-10-13/h2,4,7,10H,3,5-6,8-9,11-12H2,1H3/t15-/m1/s1. The fraction of sp³-hybridized carbons (Fsp3) is 0.600. The van der Waals surface area contributed by atoms with Gasteiger partial charge in [0.05, 0.1) is 11.8 Å². The zero-order valence-electron chi connectivity index (χ0n) is 12.7. The lowest BCUT2D eigenvalue weighted by Gasteiger charge is -2.40. The summed E-state index contributed by atoms with van der Waals surface area (Å²) in [5, 5.41) is 0. The fourth-order valence-electron chi connectivity index (χ4n) is 3.56. The van der Waals surface area contributed by atoms with Crippen LogP contribution >= 0.6 is 0 Å². The van der Waals surface area contributed by atoms with Crippen LogP contribution in [0.25, 0.3) is 0 Å². The van der Waals surface area contributed by atoms with E-state index in [2.05, 4.69) is 4.98 Å². The second-order valence-electron chi connectivity index (χ2n) is 6.42. The third-order valence-electron chi connectivity index (χ3n) is 4.73. The summed E-state index contributed by atoms with van der Waals surface area (Å²) in [5.41, 5.74) is 0.511. The van der Waals surface area contributed by atoms with Gasteiger partial charge < -0.3 is 4.90 Å². The summed E-state index contributed by atoms with van der Waals surface area (Å²) < 4.78 is 25.0. The van der Waals surface area contributed by atoms with E-state index in [1.807, 2.05) is 4.90 Å². The van der Waals surface area contributed by atoms with Crippen molar-refractivity contribution in [2.75, 3.05) is 32.4 Å². The van der Waals surface area contributed by atoms with Gasteiger partial charge in [0.25, 0.3) is 5.91 Å². The highest BCUT2D eigenvalue weighted by atomic mass is 32.2. The molecule has 1 aromatic rings. The maximum absolute atomic E-state index is 12.6. The maximum Gasteiger partial charge on any atom is 0.255 e. The number of likely N-dealkylation sites (tertiary alicyclic amines) is 1. The van der Waals surface area contributed by atoms with E-state index in [0.29, 0.717) is 25.2 Å². The van der Waals surface area contributed by atoms with Crippen molar-refractivity contribution < 1.29 is 13.2 Å². The highest BCUT2D eigenvalue weighted by molar-refractivity contribution is 7.88. The summed E-state index contributed by atoms with van der Waals surface area (Å²) in [4.78, 5) is 18.4. The molecular formula is C15H21N3O3S. The molecule has 3 heterocycles. The number of nitrogens with zero attached hydrogens (tertiary/aromatic N) is 3. The molecule has 0 aliphatic carbocycles. The molecule has 1 atom stereocenters. The molecule has 0 unspecified atom stereocenters. The molecule has 0 aromatic carbocycles. The van der Waals surface area contributed by atoms with Crippen LogP contribution in [0.4, 0.5) is 0 Å². The summed E-state index contributed by atoms with van der Waals surface area (Å²) in [7, 11) is -3.15. The quantitative estimate of drug-likeness (QED) is 0.813. The van der Waals surface area contributed by atoms with Crippen molar-refractivity contribution >= 4 is 15.9 Å². The van der Waals surface area contributed by atoms with Crippen molar-refractivity contribution in [3.8, 4) is 0 Å². The Kier molecular flexibility index (Phi) is 3.94. The number of rotatable bonds is 2. The van der Waals surface area contributed by atoms with Crippen molar-refractivity contribution in [1.29, 1.82) is 0 Å². The van der Waals surface area contributed by atoms with Crippen molar-refractivity contribution in [2.24, 2.45) is 5.41 Å². The van der Waals surface area contributed by atoms with Crippen LogP contribution in [-0.2, 0) is 10.0 Å². The van der Waals surface area contributed by atoms with Crippen molar-refractivity contribution in [3.05, 3.63) is 30.1 Å². The second-order valence-corrected chi connectivity index (χ2v) is 8.40. The zero-order valence-corrected chi connectivity index (χ0v) is 13.6. The smallest absolute Gasteiger partial charge is 0.255 e. The minimum Gasteiger partial charge on any atom is -0.338 e. The van der Waals surface area contributed by atoms with Gasteiger partial charge in [0.1, 0.15) is 0 Å². The Labute approximate surface area is 131 Å². The number of hydrogen-bond donors (Lipinski definition) is 0. The second kappa shape index (κ2) is 5.62. The van der Waals surface area contributed by atoms with Gasteiger partial charge in [-0.25, -0.2) is 12.7 Å². The minimum absolute atomic E-state index is 0.00928. The lowest BCUT2D eigenvalue weighted by molar-refractivity contribution is 0.0543. The molecule has 0 N–H and O–H groups in total. The molecule has 2 aliphatic heterocycles. The van der Waals surface area contributed by atoms with Crippen LogP contribution in [0.3, 0.4) is 0 Å². The van der Waals surface area contributed by atoms with E-state index in [1.54, 1.807) is 28.8 Å². The topological polar surface area (TPSA) is 70.6 Å². The SMILES string of the molecule is CS(=O)(=O)N1CC[C@@]2(CCCN(C(=O)c3cccnc3)C2)C1. The number of pyridine rings is 1. The van der Waals surface area contributed by atoms with Crippen molar-refractivity contribution in [2.45, 2.75) is 19.3 Å². The van der Waals surface area contributed by atoms with Gasteiger partial charge in [0.15, 0.2) is 0 Å². The average molecular weight is 323 g/mol. The van der Waals surface area contributed by atoms with Crippen molar-refractivity contribution in [1.82, 2.24) is 14.2 Å². The molecule has 2 saturated heterocycles. The first-order valence-corrected chi connectivity index (χ1v) is 9.39. The number of sulfonamides is 1. The molecule has 6 nitrogen and oxygen atoms in total. The van der Waals surface area contributed by atoms with E-state index >= 15 is 0 Å². The van der Waals surface area contributed by atoms with E-state index in [0.717, 1.165) is 25.8 Å². The average Bonchev–Trinajstić information content (AvgIpc) is 2.91. The first-order valence-electron chi connectivity index (χ1n) is 7.54. The van der Waals surface area contributed by atoms with Crippen LogP contribution in [0.5, 0.6) is 0 Å². The number of hydrogen-bond acceptors (Lipinski definition) is 4. The Bertz CT molecular complexity index is 662. The molecule has 7 heteroatoms. The van der Waals surface area contributed by atoms with E-state index in [4.69, 9.17) is 0 Å². The molecule has 120 valence electrons. The lowest BCUT2D eigenvalue weighted by Crippen LogP contribution is -2.47. The fourth-order valence-corrected chi connectivity index (χ4v) is 4.49. The van der Waals surface area contributed by atoms with Crippen LogP contribution in [0.2, 0.25) is 0 Å². The zero-order chi connectivity index (χ0) is 15.8. The van der Waals surface area contributed by atoms with Gasteiger partial charge in [0, 0.05) is 44.0 Å². The third kappa shape index (κ3) is 3.01. The van der Waals surface area contributed by atoms with Gasteiger partial charge >= 0.3 is 0 Å². The van der Waals surface area contributed by atoms with E-state index in [-0.39, 0.29) is 11.3 Å². The normalized spacial score (nSPS) is 26.5. The molecule has 1 spiro atoms. The number of aromatic nitrogens is 1. The highest BCUT2D eigenvalue weighted by Crippen LogP contribution is 2.40. The molecule has 0 saturated carbocycles. The molecule has 0 radical (unpaired) electrons. The van der Waals surface area contributed by atoms with Gasteiger partial charge in [0.2, 0.25) is 10.0 Å². The van der Waals surface area contributed by atoms with Gasteiger partial charge in [-0.3, -0.25) is 9.78 Å². The Morgan fingerprint density at radius 2 is 2.09 bits per heavy atom. The molecule has 1 amide bonds. The molecule has 2 fully saturated rings. The molecule has 0 bridgehead atoms. The molecular weight excluding hydrogens is 302 g/mol. The lowest BCUT2D eigenvalue weighted by atomic mass is 9.79. The summed E-state index contributed by atoms with van der Waals surface area (Å²) in [5.74, 6) is -0.00928. The molecule has 1 aromatic heterocycles. The molecule has 3 rings (SSSR count). The van der Waals surface area contributed by atoms with Gasteiger partial charge in [-0.05, 0) is 31.4 Å². The summed E-state index contributed by atoms with van der Waals surface area (Å²) in [6.45, 7) is 2.46. The number of carbonyl (C=O) groups is 1. The summed E-state index contributed by atoms with van der Waals surface area (Å²) in [6, 6.07) is 3.53.